The van der Waals surface area contributed by atoms with E-state index in [4.69, 9.17) is 16.3 Å². The van der Waals surface area contributed by atoms with Gasteiger partial charge in [0, 0.05) is 13.6 Å². The van der Waals surface area contributed by atoms with Crippen LogP contribution < -0.4 is 10.1 Å². The second kappa shape index (κ2) is 8.20. The van der Waals surface area contributed by atoms with E-state index in [0.717, 1.165) is 17.7 Å². The Kier molecular flexibility index (Phi) is 6.26. The zero-order chi connectivity index (χ0) is 17.7. The summed E-state index contributed by atoms with van der Waals surface area (Å²) in [4.78, 5) is 12.3. The number of hydrogen-bond acceptors (Lipinski definition) is 3. The van der Waals surface area contributed by atoms with Crippen LogP contribution in [0.4, 0.5) is 0 Å². The maximum Gasteiger partial charge on any atom is 0.269 e. The molecule has 1 amide bonds. The molecule has 0 fully saturated rings. The van der Waals surface area contributed by atoms with E-state index in [1.807, 2.05) is 45.0 Å². The van der Waals surface area contributed by atoms with Crippen LogP contribution in [0.2, 0.25) is 5.02 Å². The van der Waals surface area contributed by atoms with Crippen molar-refractivity contribution >= 4 is 17.5 Å². The first-order chi connectivity index (χ1) is 11.4. The smallest absolute Gasteiger partial charge is 0.269 e. The highest BCUT2D eigenvalue weighted by Crippen LogP contribution is 2.25. The third-order valence-electron chi connectivity index (χ3n) is 3.63. The maximum absolute atomic E-state index is 12.3. The molecule has 1 heterocycles. The standard InChI is InChI=1S/C18H24ClN3O2/c1-5-8-24-17-7-6-13(9-14(17)19)11-20-18(23)16-10-15(12(2)3)21-22(16)4/h6-7,9-10,12H,5,8,11H2,1-4H3,(H,20,23). The van der Waals surface area contributed by atoms with Crippen LogP contribution in [0.3, 0.4) is 0 Å². The molecule has 0 saturated heterocycles. The topological polar surface area (TPSA) is 56.1 Å². The Balaban J connectivity index is 2.00. The molecule has 130 valence electrons. The minimum atomic E-state index is -0.153. The van der Waals surface area contributed by atoms with E-state index in [9.17, 15) is 4.79 Å². The van der Waals surface area contributed by atoms with Crippen molar-refractivity contribution in [2.45, 2.75) is 39.7 Å². The van der Waals surface area contributed by atoms with Gasteiger partial charge in [-0.3, -0.25) is 9.48 Å². The van der Waals surface area contributed by atoms with Gasteiger partial charge in [-0.15, -0.1) is 0 Å². The number of aromatic nitrogens is 2. The van der Waals surface area contributed by atoms with Gasteiger partial charge in [0.25, 0.3) is 5.91 Å². The van der Waals surface area contributed by atoms with Crippen LogP contribution in [-0.4, -0.2) is 22.3 Å². The quantitative estimate of drug-likeness (QED) is 0.824. The molecule has 1 aromatic carbocycles. The molecule has 0 aliphatic heterocycles. The summed E-state index contributed by atoms with van der Waals surface area (Å²) in [5, 5.41) is 7.81. The van der Waals surface area contributed by atoms with Gasteiger partial charge in [-0.25, -0.2) is 0 Å². The largest absolute Gasteiger partial charge is 0.492 e. The first kappa shape index (κ1) is 18.3. The highest BCUT2D eigenvalue weighted by atomic mass is 35.5. The summed E-state index contributed by atoms with van der Waals surface area (Å²) in [6, 6.07) is 7.38. The Morgan fingerprint density at radius 3 is 2.71 bits per heavy atom. The van der Waals surface area contributed by atoms with Crippen LogP contribution in [0.5, 0.6) is 5.75 Å². The minimum absolute atomic E-state index is 0.153. The summed E-state index contributed by atoms with van der Waals surface area (Å²) < 4.78 is 7.16. The molecule has 0 spiro atoms. The van der Waals surface area contributed by atoms with Crippen LogP contribution in [0.15, 0.2) is 24.3 Å². The first-order valence-corrected chi connectivity index (χ1v) is 8.53. The van der Waals surface area contributed by atoms with Crippen LogP contribution in [-0.2, 0) is 13.6 Å². The molecule has 24 heavy (non-hydrogen) atoms. The number of rotatable bonds is 7. The molecule has 0 aliphatic rings. The highest BCUT2D eigenvalue weighted by Gasteiger charge is 2.14. The van der Waals surface area contributed by atoms with E-state index < -0.39 is 0 Å². The van der Waals surface area contributed by atoms with Crippen molar-refractivity contribution < 1.29 is 9.53 Å². The van der Waals surface area contributed by atoms with Gasteiger partial charge in [0.2, 0.25) is 0 Å². The maximum atomic E-state index is 12.3. The number of benzene rings is 1. The van der Waals surface area contributed by atoms with Crippen LogP contribution >= 0.6 is 11.6 Å². The van der Waals surface area contributed by atoms with Gasteiger partial charge >= 0.3 is 0 Å². The van der Waals surface area contributed by atoms with Gasteiger partial charge in [0.15, 0.2) is 0 Å². The monoisotopic (exact) mass is 349 g/mol. The van der Waals surface area contributed by atoms with E-state index in [2.05, 4.69) is 10.4 Å². The minimum Gasteiger partial charge on any atom is -0.492 e. The summed E-state index contributed by atoms with van der Waals surface area (Å²) in [6.07, 6.45) is 0.928. The van der Waals surface area contributed by atoms with Gasteiger partial charge in [0.05, 0.1) is 17.3 Å². The fourth-order valence-corrected chi connectivity index (χ4v) is 2.50. The number of nitrogens with zero attached hydrogens (tertiary/aromatic N) is 2. The number of aryl methyl sites for hydroxylation is 1. The van der Waals surface area contributed by atoms with Gasteiger partial charge in [0.1, 0.15) is 11.4 Å². The summed E-state index contributed by atoms with van der Waals surface area (Å²) in [5.74, 6) is 0.799. The number of ether oxygens (including phenoxy) is 1. The van der Waals surface area contributed by atoms with E-state index >= 15 is 0 Å². The Labute approximate surface area is 148 Å². The molecule has 5 nitrogen and oxygen atoms in total. The van der Waals surface area contributed by atoms with Gasteiger partial charge in [-0.05, 0) is 36.1 Å². The number of amides is 1. The second-order valence-corrected chi connectivity index (χ2v) is 6.44. The summed E-state index contributed by atoms with van der Waals surface area (Å²) in [6.45, 7) is 7.17. The predicted molar refractivity (Wildman–Crippen MR) is 95.7 cm³/mol. The van der Waals surface area contributed by atoms with E-state index in [-0.39, 0.29) is 11.8 Å². The summed E-state index contributed by atoms with van der Waals surface area (Å²) in [7, 11) is 1.78. The Hall–Kier alpha value is -2.01. The van der Waals surface area contributed by atoms with Crippen molar-refractivity contribution in [2.75, 3.05) is 6.61 Å². The van der Waals surface area contributed by atoms with Crippen molar-refractivity contribution in [1.29, 1.82) is 0 Å². The van der Waals surface area contributed by atoms with E-state index in [1.54, 1.807) is 11.7 Å². The molecule has 2 rings (SSSR count). The summed E-state index contributed by atoms with van der Waals surface area (Å²) in [5.41, 5.74) is 2.37. The molecule has 6 heteroatoms. The van der Waals surface area contributed by atoms with Crippen molar-refractivity contribution in [3.63, 3.8) is 0 Å². The number of nitrogens with one attached hydrogen (secondary N) is 1. The molecule has 1 aromatic heterocycles. The van der Waals surface area contributed by atoms with E-state index in [1.165, 1.54) is 0 Å². The van der Waals surface area contributed by atoms with Gasteiger partial charge in [-0.1, -0.05) is 38.4 Å². The average molecular weight is 350 g/mol. The van der Waals surface area contributed by atoms with Crippen LogP contribution in [0.1, 0.15) is 54.9 Å². The van der Waals surface area contributed by atoms with Gasteiger partial charge < -0.3 is 10.1 Å². The lowest BCUT2D eigenvalue weighted by Crippen LogP contribution is -2.25. The summed E-state index contributed by atoms with van der Waals surface area (Å²) >= 11 is 6.21. The molecule has 0 aliphatic carbocycles. The third kappa shape index (κ3) is 4.51. The second-order valence-electron chi connectivity index (χ2n) is 6.03. The molecule has 1 N–H and O–H groups in total. The molecule has 0 radical (unpaired) electrons. The van der Waals surface area contributed by atoms with Crippen molar-refractivity contribution in [2.24, 2.45) is 7.05 Å². The molecule has 0 atom stereocenters. The molecule has 0 saturated carbocycles. The third-order valence-corrected chi connectivity index (χ3v) is 3.93. The highest BCUT2D eigenvalue weighted by molar-refractivity contribution is 6.32. The van der Waals surface area contributed by atoms with Crippen LogP contribution in [0, 0.1) is 0 Å². The zero-order valence-electron chi connectivity index (χ0n) is 14.6. The molecular formula is C18H24ClN3O2. The number of carbonyl (C=O) groups excluding carboxylic acids is 1. The van der Waals surface area contributed by atoms with Crippen molar-refractivity contribution in [1.82, 2.24) is 15.1 Å². The fourth-order valence-electron chi connectivity index (χ4n) is 2.24. The lowest BCUT2D eigenvalue weighted by Gasteiger charge is -2.09. The Morgan fingerprint density at radius 1 is 1.38 bits per heavy atom. The lowest BCUT2D eigenvalue weighted by molar-refractivity contribution is 0.0941. The first-order valence-electron chi connectivity index (χ1n) is 8.15. The van der Waals surface area contributed by atoms with Crippen LogP contribution in [0.25, 0.3) is 0 Å². The molecular weight excluding hydrogens is 326 g/mol. The number of halogens is 1. The predicted octanol–water partition coefficient (Wildman–Crippen LogP) is 3.92. The number of carbonyl (C=O) groups is 1. The average Bonchev–Trinajstić information content (AvgIpc) is 2.94. The lowest BCUT2D eigenvalue weighted by atomic mass is 10.1. The van der Waals surface area contributed by atoms with Crippen molar-refractivity contribution in [3.8, 4) is 5.75 Å². The molecule has 0 unspecified atom stereocenters. The SMILES string of the molecule is CCCOc1ccc(CNC(=O)c2cc(C(C)C)nn2C)cc1Cl. The molecule has 0 bridgehead atoms. The number of hydrogen-bond donors (Lipinski definition) is 1. The van der Waals surface area contributed by atoms with Gasteiger partial charge in [-0.2, -0.15) is 5.10 Å². The molecule has 2 aromatic rings. The Bertz CT molecular complexity index is 710. The zero-order valence-corrected chi connectivity index (χ0v) is 15.4. The van der Waals surface area contributed by atoms with Crippen molar-refractivity contribution in [3.05, 3.63) is 46.2 Å². The Morgan fingerprint density at radius 2 is 2.12 bits per heavy atom. The van der Waals surface area contributed by atoms with E-state index in [0.29, 0.717) is 29.6 Å². The normalized spacial score (nSPS) is 10.9. The fraction of sp³-hybridized carbons (Fsp3) is 0.444.